The maximum absolute atomic E-state index is 6.12. The maximum atomic E-state index is 6.12. The molecule has 3 rings (SSSR count). The third-order valence-corrected chi connectivity index (χ3v) is 5.27. The average Bonchev–Trinajstić information content (AvgIpc) is 2.58. The van der Waals surface area contributed by atoms with Crippen LogP contribution in [0.25, 0.3) is 11.0 Å². The number of aromatic nitrogens is 3. The third kappa shape index (κ3) is 1.81. The number of nitrogens with two attached hydrogens (primary N) is 1. The zero-order valence-corrected chi connectivity index (χ0v) is 13.0. The molecule has 0 aromatic carbocycles. The van der Waals surface area contributed by atoms with E-state index in [4.69, 9.17) is 5.73 Å². The number of aryl methyl sites for hydroxylation is 2. The molecule has 1 aliphatic rings. The molecule has 20 heavy (non-hydrogen) atoms. The topological polar surface area (TPSA) is 56.7 Å². The first-order valence-electron chi connectivity index (χ1n) is 7.57. The van der Waals surface area contributed by atoms with E-state index in [0.717, 1.165) is 23.4 Å². The Kier molecular flexibility index (Phi) is 3.00. The van der Waals surface area contributed by atoms with Crippen LogP contribution in [0.1, 0.15) is 49.7 Å². The zero-order valence-electron chi connectivity index (χ0n) is 13.0. The summed E-state index contributed by atoms with van der Waals surface area (Å²) in [7, 11) is 0. The largest absolute Gasteiger partial charge is 0.383 e. The standard InChI is InChI=1S/C16H24N4/c1-5-16(7-6-8-16)9-20-11(3)10(2)13-14(17)18-12(4)19-15(13)20/h5-9H2,1-4H3,(H2,17,18,19). The summed E-state index contributed by atoms with van der Waals surface area (Å²) in [5, 5.41) is 1.04. The fraction of sp³-hybridized carbons (Fsp3) is 0.625. The summed E-state index contributed by atoms with van der Waals surface area (Å²) in [5.41, 5.74) is 10.1. The SMILES string of the molecule is CCC1(Cn2c(C)c(C)c3c(N)nc(C)nc32)CCC1. The number of anilines is 1. The molecule has 1 fully saturated rings. The highest BCUT2D eigenvalue weighted by molar-refractivity contribution is 5.91. The number of rotatable bonds is 3. The highest BCUT2D eigenvalue weighted by Crippen LogP contribution is 2.46. The lowest BCUT2D eigenvalue weighted by Gasteiger charge is -2.42. The molecule has 0 radical (unpaired) electrons. The van der Waals surface area contributed by atoms with Crippen LogP contribution in [0.15, 0.2) is 0 Å². The van der Waals surface area contributed by atoms with Crippen molar-refractivity contribution in [2.45, 2.75) is 59.9 Å². The summed E-state index contributed by atoms with van der Waals surface area (Å²) in [6, 6.07) is 0. The first-order valence-corrected chi connectivity index (χ1v) is 7.57. The molecule has 0 spiro atoms. The van der Waals surface area contributed by atoms with Gasteiger partial charge in [0.05, 0.1) is 5.39 Å². The molecule has 108 valence electrons. The Morgan fingerprint density at radius 3 is 2.45 bits per heavy atom. The molecule has 0 unspecified atom stereocenters. The van der Waals surface area contributed by atoms with Crippen LogP contribution in [-0.2, 0) is 6.54 Å². The zero-order chi connectivity index (χ0) is 14.5. The van der Waals surface area contributed by atoms with E-state index in [1.807, 2.05) is 6.92 Å². The molecule has 0 aliphatic heterocycles. The molecular weight excluding hydrogens is 248 g/mol. The van der Waals surface area contributed by atoms with Gasteiger partial charge in [-0.05, 0) is 51.0 Å². The van der Waals surface area contributed by atoms with Crippen molar-refractivity contribution in [3.05, 3.63) is 17.1 Å². The normalized spacial score (nSPS) is 17.4. The molecule has 2 heterocycles. The van der Waals surface area contributed by atoms with Crippen molar-refractivity contribution in [2.24, 2.45) is 5.41 Å². The molecule has 2 N–H and O–H groups in total. The van der Waals surface area contributed by atoms with Gasteiger partial charge in [-0.1, -0.05) is 13.3 Å². The van der Waals surface area contributed by atoms with Crippen LogP contribution in [0.2, 0.25) is 0 Å². The van der Waals surface area contributed by atoms with Gasteiger partial charge in [0.25, 0.3) is 0 Å². The molecule has 2 aromatic rings. The summed E-state index contributed by atoms with van der Waals surface area (Å²) in [5.74, 6) is 1.37. The quantitative estimate of drug-likeness (QED) is 0.930. The van der Waals surface area contributed by atoms with Crippen molar-refractivity contribution in [1.82, 2.24) is 14.5 Å². The number of hydrogen-bond acceptors (Lipinski definition) is 3. The van der Waals surface area contributed by atoms with Gasteiger partial charge in [-0.2, -0.15) is 0 Å². The number of nitrogens with zero attached hydrogens (tertiary/aromatic N) is 3. The van der Waals surface area contributed by atoms with Gasteiger partial charge in [0.15, 0.2) is 0 Å². The lowest BCUT2D eigenvalue weighted by molar-refractivity contribution is 0.101. The van der Waals surface area contributed by atoms with Crippen LogP contribution >= 0.6 is 0 Å². The van der Waals surface area contributed by atoms with E-state index in [9.17, 15) is 0 Å². The van der Waals surface area contributed by atoms with Crippen molar-refractivity contribution in [1.29, 1.82) is 0 Å². The fourth-order valence-electron chi connectivity index (χ4n) is 3.51. The van der Waals surface area contributed by atoms with Crippen LogP contribution in [0.3, 0.4) is 0 Å². The van der Waals surface area contributed by atoms with Gasteiger partial charge in [0.2, 0.25) is 0 Å². The van der Waals surface area contributed by atoms with Gasteiger partial charge in [-0.15, -0.1) is 0 Å². The molecule has 4 nitrogen and oxygen atoms in total. The Balaban J connectivity index is 2.17. The minimum absolute atomic E-state index is 0.469. The van der Waals surface area contributed by atoms with Crippen LogP contribution in [0.4, 0.5) is 5.82 Å². The predicted octanol–water partition coefficient (Wildman–Crippen LogP) is 3.52. The van der Waals surface area contributed by atoms with E-state index in [2.05, 4.69) is 35.3 Å². The molecule has 0 amide bonds. The van der Waals surface area contributed by atoms with E-state index in [-0.39, 0.29) is 0 Å². The molecule has 1 saturated carbocycles. The second kappa shape index (κ2) is 4.47. The van der Waals surface area contributed by atoms with E-state index < -0.39 is 0 Å². The van der Waals surface area contributed by atoms with E-state index >= 15 is 0 Å². The lowest BCUT2D eigenvalue weighted by Crippen LogP contribution is -2.33. The Bertz CT molecular complexity index is 659. The molecule has 4 heteroatoms. The third-order valence-electron chi connectivity index (χ3n) is 5.27. The van der Waals surface area contributed by atoms with Gasteiger partial charge in [-0.3, -0.25) is 0 Å². The minimum Gasteiger partial charge on any atom is -0.383 e. The van der Waals surface area contributed by atoms with Crippen LogP contribution in [-0.4, -0.2) is 14.5 Å². The monoisotopic (exact) mass is 272 g/mol. The molecule has 0 bridgehead atoms. The number of fused-ring (bicyclic) bond motifs is 1. The average molecular weight is 272 g/mol. The minimum atomic E-state index is 0.469. The van der Waals surface area contributed by atoms with Crippen molar-refractivity contribution in [3.63, 3.8) is 0 Å². The van der Waals surface area contributed by atoms with Crippen LogP contribution < -0.4 is 5.73 Å². The number of nitrogen functional groups attached to an aromatic ring is 1. The first-order chi connectivity index (χ1) is 9.47. The molecule has 0 atom stereocenters. The fourth-order valence-corrected chi connectivity index (χ4v) is 3.51. The summed E-state index contributed by atoms with van der Waals surface area (Å²) in [6.07, 6.45) is 5.27. The molecular formula is C16H24N4. The van der Waals surface area contributed by atoms with E-state index in [0.29, 0.717) is 11.2 Å². The maximum Gasteiger partial charge on any atom is 0.146 e. The molecule has 0 saturated heterocycles. The molecule has 1 aliphatic carbocycles. The predicted molar refractivity (Wildman–Crippen MR) is 82.7 cm³/mol. The Morgan fingerprint density at radius 2 is 1.90 bits per heavy atom. The summed E-state index contributed by atoms with van der Waals surface area (Å²) < 4.78 is 2.37. The first kappa shape index (κ1) is 13.4. The van der Waals surface area contributed by atoms with E-state index in [1.165, 1.54) is 36.9 Å². The second-order valence-corrected chi connectivity index (χ2v) is 6.36. The van der Waals surface area contributed by atoms with Gasteiger partial charge >= 0.3 is 0 Å². The summed E-state index contributed by atoms with van der Waals surface area (Å²) >= 11 is 0. The van der Waals surface area contributed by atoms with Crippen molar-refractivity contribution in [3.8, 4) is 0 Å². The Morgan fingerprint density at radius 1 is 1.20 bits per heavy atom. The van der Waals surface area contributed by atoms with Crippen LogP contribution in [0.5, 0.6) is 0 Å². The van der Waals surface area contributed by atoms with Crippen molar-refractivity contribution in [2.75, 3.05) is 5.73 Å². The molecule has 2 aromatic heterocycles. The van der Waals surface area contributed by atoms with Gasteiger partial charge in [0, 0.05) is 12.2 Å². The highest BCUT2D eigenvalue weighted by atomic mass is 15.1. The smallest absolute Gasteiger partial charge is 0.146 e. The lowest BCUT2D eigenvalue weighted by atomic mass is 9.67. The Hall–Kier alpha value is -1.58. The summed E-state index contributed by atoms with van der Waals surface area (Å²) in [4.78, 5) is 8.99. The van der Waals surface area contributed by atoms with Gasteiger partial charge in [-0.25, -0.2) is 9.97 Å². The van der Waals surface area contributed by atoms with Crippen LogP contribution in [0, 0.1) is 26.2 Å². The van der Waals surface area contributed by atoms with Crippen molar-refractivity contribution >= 4 is 16.9 Å². The Labute approximate surface area is 120 Å². The second-order valence-electron chi connectivity index (χ2n) is 6.36. The number of hydrogen-bond donors (Lipinski definition) is 1. The highest BCUT2D eigenvalue weighted by Gasteiger charge is 2.36. The van der Waals surface area contributed by atoms with Gasteiger partial charge in [0.1, 0.15) is 17.3 Å². The van der Waals surface area contributed by atoms with Crippen molar-refractivity contribution < 1.29 is 0 Å². The van der Waals surface area contributed by atoms with E-state index in [1.54, 1.807) is 0 Å². The van der Waals surface area contributed by atoms with Gasteiger partial charge < -0.3 is 10.3 Å². The summed E-state index contributed by atoms with van der Waals surface area (Å²) in [6.45, 7) is 9.59.